The van der Waals surface area contributed by atoms with Crippen LogP contribution in [0.5, 0.6) is 0 Å². The van der Waals surface area contributed by atoms with Crippen LogP contribution in [0.25, 0.3) is 22.1 Å². The number of benzene rings is 2. The maximum atomic E-state index is 13.3. The van der Waals surface area contributed by atoms with Gasteiger partial charge in [-0.15, -0.1) is 0 Å². The highest BCUT2D eigenvalue weighted by atomic mass is 35.5. The smallest absolute Gasteiger partial charge is 0.409 e. The monoisotopic (exact) mass is 469 g/mol. The van der Waals surface area contributed by atoms with Crippen LogP contribution in [0, 0.1) is 0 Å². The predicted octanol–water partition coefficient (Wildman–Crippen LogP) is 3.83. The minimum atomic E-state index is -0.341. The molecular weight excluding hydrogens is 446 g/mol. The van der Waals surface area contributed by atoms with Gasteiger partial charge < -0.3 is 14.1 Å². The Bertz CT molecular complexity index is 1220. The van der Waals surface area contributed by atoms with Crippen molar-refractivity contribution in [3.63, 3.8) is 0 Å². The summed E-state index contributed by atoms with van der Waals surface area (Å²) in [4.78, 5) is 41.6. The molecule has 1 aromatic heterocycles. The molecule has 1 aliphatic rings. The Hall–Kier alpha value is -3.36. The highest BCUT2D eigenvalue weighted by Gasteiger charge is 2.24. The van der Waals surface area contributed by atoms with E-state index in [0.717, 1.165) is 0 Å². The van der Waals surface area contributed by atoms with E-state index in [1.54, 1.807) is 42.2 Å². The summed E-state index contributed by atoms with van der Waals surface area (Å²) in [5, 5.41) is 3.54. The molecule has 0 saturated carbocycles. The number of nitrogens with zero attached hydrogens (tertiary/aromatic N) is 2. The summed E-state index contributed by atoms with van der Waals surface area (Å²) < 4.78 is 11.0. The summed E-state index contributed by atoms with van der Waals surface area (Å²) in [6.07, 6.45) is -0.341. The van der Waals surface area contributed by atoms with E-state index in [1.165, 1.54) is 0 Å². The highest BCUT2D eigenvalue weighted by Crippen LogP contribution is 2.29. The average molecular weight is 470 g/mol. The van der Waals surface area contributed by atoms with Crippen LogP contribution in [0.3, 0.4) is 0 Å². The number of ether oxygens (including phenoxy) is 1. The second kappa shape index (κ2) is 10.1. The number of hydrogen-bond acceptors (Lipinski definition) is 6. The summed E-state index contributed by atoms with van der Waals surface area (Å²) in [5.74, 6) is -0.218. The van der Waals surface area contributed by atoms with Gasteiger partial charge in [-0.25, -0.2) is 4.79 Å². The highest BCUT2D eigenvalue weighted by molar-refractivity contribution is 6.31. The molecule has 1 N–H and O–H groups in total. The molecule has 172 valence electrons. The van der Waals surface area contributed by atoms with Gasteiger partial charge in [0.05, 0.1) is 24.1 Å². The maximum absolute atomic E-state index is 13.3. The Morgan fingerprint density at radius 2 is 1.82 bits per heavy atom. The molecule has 1 saturated heterocycles. The lowest BCUT2D eigenvalue weighted by Crippen LogP contribution is -2.50. The second-order valence-electron chi connectivity index (χ2n) is 7.65. The van der Waals surface area contributed by atoms with Crippen molar-refractivity contribution >= 4 is 40.5 Å². The van der Waals surface area contributed by atoms with Gasteiger partial charge in [-0.05, 0) is 30.7 Å². The molecule has 3 aromatic rings. The molecule has 0 atom stereocenters. The van der Waals surface area contributed by atoms with Crippen molar-refractivity contribution in [2.75, 3.05) is 44.6 Å². The number of carbonyl (C=O) groups excluding carboxylic acids is 2. The minimum Gasteiger partial charge on any atom is -0.450 e. The Balaban J connectivity index is 1.55. The van der Waals surface area contributed by atoms with Crippen molar-refractivity contribution < 1.29 is 18.7 Å². The zero-order chi connectivity index (χ0) is 23.4. The van der Waals surface area contributed by atoms with Gasteiger partial charge in [0.2, 0.25) is 17.2 Å². The van der Waals surface area contributed by atoms with Gasteiger partial charge in [0.1, 0.15) is 5.58 Å². The lowest BCUT2D eigenvalue weighted by atomic mass is 10.0. The fourth-order valence-electron chi connectivity index (χ4n) is 3.80. The number of carbonyl (C=O) groups is 2. The lowest BCUT2D eigenvalue weighted by Gasteiger charge is -2.33. The second-order valence-corrected chi connectivity index (χ2v) is 8.09. The standard InChI is InChI=1S/C24H24ClN3O5/c1-2-32-24(31)28-12-10-27(11-13-28)15-20(29)26-23-21(16-6-4-3-5-7-16)22(30)18-14-17(25)8-9-19(18)33-23/h3-9,14H,2,10-13,15H2,1H3,(H,26,29). The fourth-order valence-corrected chi connectivity index (χ4v) is 3.97. The fraction of sp³-hybridized carbons (Fsp3) is 0.292. The van der Waals surface area contributed by atoms with Crippen LogP contribution < -0.4 is 10.7 Å². The van der Waals surface area contributed by atoms with E-state index in [1.807, 2.05) is 23.1 Å². The third-order valence-corrected chi connectivity index (χ3v) is 5.67. The molecule has 1 aliphatic heterocycles. The van der Waals surface area contributed by atoms with Crippen LogP contribution in [0.1, 0.15) is 6.92 Å². The van der Waals surface area contributed by atoms with Gasteiger partial charge in [0.15, 0.2) is 0 Å². The molecular formula is C24H24ClN3O5. The normalized spacial score (nSPS) is 14.3. The molecule has 33 heavy (non-hydrogen) atoms. The van der Waals surface area contributed by atoms with E-state index in [0.29, 0.717) is 54.3 Å². The van der Waals surface area contributed by atoms with E-state index < -0.39 is 0 Å². The average Bonchev–Trinajstić information content (AvgIpc) is 2.81. The van der Waals surface area contributed by atoms with Crippen LogP contribution in [0.4, 0.5) is 10.7 Å². The predicted molar refractivity (Wildman–Crippen MR) is 127 cm³/mol. The number of anilines is 1. The minimum absolute atomic E-state index is 0.0937. The van der Waals surface area contributed by atoms with Gasteiger partial charge in [0, 0.05) is 31.2 Å². The van der Waals surface area contributed by atoms with Crippen LogP contribution >= 0.6 is 11.6 Å². The van der Waals surface area contributed by atoms with Crippen LogP contribution in [-0.4, -0.2) is 61.1 Å². The summed E-state index contributed by atoms with van der Waals surface area (Å²) in [7, 11) is 0. The first-order valence-corrected chi connectivity index (χ1v) is 11.1. The third-order valence-electron chi connectivity index (χ3n) is 5.43. The van der Waals surface area contributed by atoms with Crippen molar-refractivity contribution in [3.8, 4) is 11.1 Å². The quantitative estimate of drug-likeness (QED) is 0.610. The zero-order valence-corrected chi connectivity index (χ0v) is 18.9. The van der Waals surface area contributed by atoms with Gasteiger partial charge in [-0.2, -0.15) is 0 Å². The summed E-state index contributed by atoms with van der Waals surface area (Å²) in [5.41, 5.74) is 0.961. The molecule has 0 unspecified atom stereocenters. The van der Waals surface area contributed by atoms with Crippen molar-refractivity contribution in [1.29, 1.82) is 0 Å². The van der Waals surface area contributed by atoms with Crippen molar-refractivity contribution in [2.45, 2.75) is 6.92 Å². The first-order valence-electron chi connectivity index (χ1n) is 10.7. The molecule has 2 aromatic carbocycles. The Labute approximate surface area is 195 Å². The zero-order valence-electron chi connectivity index (χ0n) is 18.2. The van der Waals surface area contributed by atoms with Crippen molar-refractivity contribution in [3.05, 3.63) is 63.8 Å². The molecule has 0 aliphatic carbocycles. The molecule has 4 rings (SSSR count). The Kier molecular flexibility index (Phi) is 6.96. The number of rotatable bonds is 5. The molecule has 2 heterocycles. The first kappa shape index (κ1) is 22.8. The topological polar surface area (TPSA) is 92.1 Å². The first-order chi connectivity index (χ1) is 16.0. The number of piperazine rings is 1. The number of halogens is 1. The van der Waals surface area contributed by atoms with Crippen LogP contribution in [0.2, 0.25) is 5.02 Å². The number of fused-ring (bicyclic) bond motifs is 1. The van der Waals surface area contributed by atoms with Crippen molar-refractivity contribution in [2.24, 2.45) is 0 Å². The molecule has 9 heteroatoms. The van der Waals surface area contributed by atoms with Crippen LogP contribution in [-0.2, 0) is 9.53 Å². The van der Waals surface area contributed by atoms with E-state index >= 15 is 0 Å². The molecule has 2 amide bonds. The Morgan fingerprint density at radius 1 is 1.09 bits per heavy atom. The number of nitrogens with one attached hydrogen (secondary N) is 1. The van der Waals surface area contributed by atoms with E-state index in [2.05, 4.69) is 5.32 Å². The summed E-state index contributed by atoms with van der Waals surface area (Å²) in [6.45, 7) is 4.24. The maximum Gasteiger partial charge on any atom is 0.409 e. The number of hydrogen-bond donors (Lipinski definition) is 1. The van der Waals surface area contributed by atoms with E-state index in [-0.39, 0.29) is 35.4 Å². The molecule has 0 radical (unpaired) electrons. The Morgan fingerprint density at radius 3 is 2.52 bits per heavy atom. The summed E-state index contributed by atoms with van der Waals surface area (Å²) in [6, 6.07) is 13.8. The van der Waals surface area contributed by atoms with Gasteiger partial charge in [-0.1, -0.05) is 41.9 Å². The largest absolute Gasteiger partial charge is 0.450 e. The van der Waals surface area contributed by atoms with Crippen LogP contribution in [0.15, 0.2) is 57.7 Å². The SMILES string of the molecule is CCOC(=O)N1CCN(CC(=O)Nc2oc3ccc(Cl)cc3c(=O)c2-c2ccccc2)CC1. The van der Waals surface area contributed by atoms with E-state index in [9.17, 15) is 14.4 Å². The molecule has 0 bridgehead atoms. The number of amides is 2. The molecule has 8 nitrogen and oxygen atoms in total. The lowest BCUT2D eigenvalue weighted by molar-refractivity contribution is -0.117. The van der Waals surface area contributed by atoms with Gasteiger partial charge >= 0.3 is 6.09 Å². The molecule has 0 spiro atoms. The molecule has 1 fully saturated rings. The van der Waals surface area contributed by atoms with Crippen molar-refractivity contribution in [1.82, 2.24) is 9.80 Å². The van der Waals surface area contributed by atoms with E-state index in [4.69, 9.17) is 20.8 Å². The van der Waals surface area contributed by atoms with Gasteiger partial charge in [-0.3, -0.25) is 19.8 Å². The van der Waals surface area contributed by atoms with Gasteiger partial charge in [0.25, 0.3) is 0 Å². The summed E-state index contributed by atoms with van der Waals surface area (Å²) >= 11 is 6.08. The third kappa shape index (κ3) is 5.18.